The molecule has 2 aromatic rings. The molecule has 1 aromatic heterocycles. The van der Waals surface area contributed by atoms with Gasteiger partial charge in [0.15, 0.2) is 5.13 Å². The summed E-state index contributed by atoms with van der Waals surface area (Å²) in [5.74, 6) is 0.805. The van der Waals surface area contributed by atoms with E-state index in [9.17, 15) is 4.79 Å². The maximum Gasteiger partial charge on any atom is 0.246 e. The van der Waals surface area contributed by atoms with Crippen molar-refractivity contribution in [2.75, 3.05) is 38.2 Å². The minimum atomic E-state index is 0.0368. The molecule has 2 heterocycles. The van der Waals surface area contributed by atoms with Gasteiger partial charge in [0.25, 0.3) is 0 Å². The molecule has 0 saturated carbocycles. The largest absolute Gasteiger partial charge is 0.496 e. The zero-order valence-corrected chi connectivity index (χ0v) is 13.8. The van der Waals surface area contributed by atoms with Crippen LogP contribution in [0.15, 0.2) is 41.9 Å². The van der Waals surface area contributed by atoms with Crippen molar-refractivity contribution in [3.05, 3.63) is 47.5 Å². The van der Waals surface area contributed by atoms with Crippen LogP contribution in [0.1, 0.15) is 5.56 Å². The van der Waals surface area contributed by atoms with Crippen LogP contribution in [0.25, 0.3) is 6.08 Å². The number of hydrogen-bond acceptors (Lipinski definition) is 5. The fourth-order valence-corrected chi connectivity index (χ4v) is 3.26. The number of methoxy groups -OCH3 is 1. The minimum Gasteiger partial charge on any atom is -0.496 e. The third-order valence-electron chi connectivity index (χ3n) is 3.83. The van der Waals surface area contributed by atoms with E-state index in [0.717, 1.165) is 29.5 Å². The monoisotopic (exact) mass is 329 g/mol. The number of rotatable bonds is 4. The molecule has 120 valence electrons. The highest BCUT2D eigenvalue weighted by atomic mass is 32.1. The van der Waals surface area contributed by atoms with E-state index >= 15 is 0 Å². The molecule has 0 bridgehead atoms. The van der Waals surface area contributed by atoms with Crippen molar-refractivity contribution in [2.24, 2.45) is 0 Å². The number of nitrogens with zero attached hydrogens (tertiary/aromatic N) is 3. The second-order valence-electron chi connectivity index (χ2n) is 5.20. The minimum absolute atomic E-state index is 0.0368. The Hall–Kier alpha value is -2.34. The molecule has 3 rings (SSSR count). The Morgan fingerprint density at radius 1 is 1.26 bits per heavy atom. The van der Waals surface area contributed by atoms with Crippen molar-refractivity contribution in [3.8, 4) is 5.75 Å². The molecule has 1 aliphatic heterocycles. The van der Waals surface area contributed by atoms with Gasteiger partial charge in [-0.25, -0.2) is 4.98 Å². The smallest absolute Gasteiger partial charge is 0.246 e. The zero-order valence-electron chi connectivity index (χ0n) is 13.0. The fraction of sp³-hybridized carbons (Fsp3) is 0.294. The van der Waals surface area contributed by atoms with Gasteiger partial charge in [0.2, 0.25) is 5.91 Å². The molecule has 1 amide bonds. The van der Waals surface area contributed by atoms with Gasteiger partial charge in [-0.3, -0.25) is 4.79 Å². The van der Waals surface area contributed by atoms with Crippen molar-refractivity contribution < 1.29 is 9.53 Å². The van der Waals surface area contributed by atoms with Crippen LogP contribution in [0.3, 0.4) is 0 Å². The van der Waals surface area contributed by atoms with E-state index in [-0.39, 0.29) is 5.91 Å². The lowest BCUT2D eigenvalue weighted by Crippen LogP contribution is -2.48. The maximum absolute atomic E-state index is 12.3. The molecule has 0 spiro atoms. The number of aromatic nitrogens is 1. The average molecular weight is 329 g/mol. The molecule has 1 fully saturated rings. The van der Waals surface area contributed by atoms with E-state index in [1.807, 2.05) is 46.8 Å². The standard InChI is InChI=1S/C17H19N3O2S/c1-22-15-5-3-2-4-14(15)6-7-16(21)19-9-11-20(12-10-19)17-18-8-13-23-17/h2-8,13H,9-12H2,1H3. The molecule has 1 saturated heterocycles. The Morgan fingerprint density at radius 3 is 2.74 bits per heavy atom. The number of piperazine rings is 1. The van der Waals surface area contributed by atoms with Crippen LogP contribution in [0, 0.1) is 0 Å². The first-order valence-corrected chi connectivity index (χ1v) is 8.40. The molecule has 0 unspecified atom stereocenters. The quantitative estimate of drug-likeness (QED) is 0.809. The molecular formula is C17H19N3O2S. The van der Waals surface area contributed by atoms with Gasteiger partial charge in [0.1, 0.15) is 5.75 Å². The van der Waals surface area contributed by atoms with Crippen molar-refractivity contribution >= 4 is 28.5 Å². The van der Waals surface area contributed by atoms with Crippen LogP contribution in [-0.4, -0.2) is 49.1 Å². The lowest BCUT2D eigenvalue weighted by atomic mass is 10.2. The van der Waals surface area contributed by atoms with Gasteiger partial charge in [-0.1, -0.05) is 18.2 Å². The number of carbonyl (C=O) groups is 1. The number of hydrogen-bond donors (Lipinski definition) is 0. The Kier molecular flexibility index (Phi) is 4.92. The van der Waals surface area contributed by atoms with Crippen LogP contribution in [0.2, 0.25) is 0 Å². The van der Waals surface area contributed by atoms with Gasteiger partial charge >= 0.3 is 0 Å². The normalized spacial score (nSPS) is 15.2. The second-order valence-corrected chi connectivity index (χ2v) is 6.08. The van der Waals surface area contributed by atoms with Crippen LogP contribution in [0.4, 0.5) is 5.13 Å². The fourth-order valence-electron chi connectivity index (χ4n) is 2.56. The van der Waals surface area contributed by atoms with Gasteiger partial charge in [0.05, 0.1) is 7.11 Å². The number of para-hydroxylation sites is 1. The summed E-state index contributed by atoms with van der Waals surface area (Å²) in [5.41, 5.74) is 0.907. The molecule has 0 N–H and O–H groups in total. The molecule has 5 nitrogen and oxygen atoms in total. The first-order valence-electron chi connectivity index (χ1n) is 7.52. The van der Waals surface area contributed by atoms with Crippen LogP contribution in [-0.2, 0) is 4.79 Å². The molecule has 0 aliphatic carbocycles. The number of amides is 1. The number of carbonyl (C=O) groups excluding carboxylic acids is 1. The van der Waals surface area contributed by atoms with E-state index < -0.39 is 0 Å². The SMILES string of the molecule is COc1ccccc1C=CC(=O)N1CCN(c2nccs2)CC1. The van der Waals surface area contributed by atoms with E-state index in [1.165, 1.54) is 0 Å². The second kappa shape index (κ2) is 7.28. The lowest BCUT2D eigenvalue weighted by Gasteiger charge is -2.34. The van der Waals surface area contributed by atoms with E-state index in [1.54, 1.807) is 24.5 Å². The summed E-state index contributed by atoms with van der Waals surface area (Å²) in [6, 6.07) is 7.66. The molecule has 1 aliphatic rings. The molecule has 23 heavy (non-hydrogen) atoms. The zero-order chi connectivity index (χ0) is 16.1. The van der Waals surface area contributed by atoms with Crippen molar-refractivity contribution in [1.82, 2.24) is 9.88 Å². The van der Waals surface area contributed by atoms with Crippen LogP contribution in [0.5, 0.6) is 5.75 Å². The predicted octanol–water partition coefficient (Wildman–Crippen LogP) is 2.51. The predicted molar refractivity (Wildman–Crippen MR) is 92.9 cm³/mol. The summed E-state index contributed by atoms with van der Waals surface area (Å²) in [7, 11) is 1.63. The van der Waals surface area contributed by atoms with Gasteiger partial charge in [-0.2, -0.15) is 0 Å². The summed E-state index contributed by atoms with van der Waals surface area (Å²) in [6.45, 7) is 3.08. The highest BCUT2D eigenvalue weighted by molar-refractivity contribution is 7.13. The first kappa shape index (κ1) is 15.6. The molecular weight excluding hydrogens is 310 g/mol. The Morgan fingerprint density at radius 2 is 2.04 bits per heavy atom. The lowest BCUT2D eigenvalue weighted by molar-refractivity contribution is -0.126. The number of anilines is 1. The van der Waals surface area contributed by atoms with Crippen LogP contribution < -0.4 is 9.64 Å². The summed E-state index contributed by atoms with van der Waals surface area (Å²) < 4.78 is 5.29. The van der Waals surface area contributed by atoms with Crippen LogP contribution >= 0.6 is 11.3 Å². The van der Waals surface area contributed by atoms with E-state index in [4.69, 9.17) is 4.74 Å². The molecule has 0 radical (unpaired) electrons. The number of thiazole rings is 1. The third-order valence-corrected chi connectivity index (χ3v) is 4.66. The average Bonchev–Trinajstić information content (AvgIpc) is 3.14. The summed E-state index contributed by atoms with van der Waals surface area (Å²) >= 11 is 1.63. The van der Waals surface area contributed by atoms with E-state index in [0.29, 0.717) is 13.1 Å². The topological polar surface area (TPSA) is 45.7 Å². The highest BCUT2D eigenvalue weighted by Gasteiger charge is 2.20. The molecule has 6 heteroatoms. The number of ether oxygens (including phenoxy) is 1. The maximum atomic E-state index is 12.3. The van der Waals surface area contributed by atoms with Gasteiger partial charge in [0, 0.05) is 49.4 Å². The number of benzene rings is 1. The molecule has 0 atom stereocenters. The van der Waals surface area contributed by atoms with Crippen molar-refractivity contribution in [1.29, 1.82) is 0 Å². The summed E-state index contributed by atoms with van der Waals surface area (Å²) in [5, 5.41) is 3.00. The van der Waals surface area contributed by atoms with Crippen molar-refractivity contribution in [3.63, 3.8) is 0 Å². The van der Waals surface area contributed by atoms with Gasteiger partial charge < -0.3 is 14.5 Å². The summed E-state index contributed by atoms with van der Waals surface area (Å²) in [4.78, 5) is 20.7. The Balaban J connectivity index is 1.58. The molecule has 1 aromatic carbocycles. The Bertz CT molecular complexity index is 677. The Labute approximate surface area is 139 Å². The first-order chi connectivity index (χ1) is 11.3. The van der Waals surface area contributed by atoms with E-state index in [2.05, 4.69) is 9.88 Å². The third kappa shape index (κ3) is 3.71. The van der Waals surface area contributed by atoms with Gasteiger partial charge in [-0.15, -0.1) is 11.3 Å². The van der Waals surface area contributed by atoms with Gasteiger partial charge in [-0.05, 0) is 12.1 Å². The summed E-state index contributed by atoms with van der Waals surface area (Å²) in [6.07, 6.45) is 5.25. The highest BCUT2D eigenvalue weighted by Crippen LogP contribution is 2.20. The van der Waals surface area contributed by atoms with Crippen molar-refractivity contribution in [2.45, 2.75) is 0 Å².